The molecule has 3 N–H and O–H groups in total. The first-order valence-electron chi connectivity index (χ1n) is 5.46. The summed E-state index contributed by atoms with van der Waals surface area (Å²) in [6.07, 6.45) is 1.65. The topological polar surface area (TPSA) is 69.8 Å². The molecule has 0 aliphatic heterocycles. The fourth-order valence-corrected chi connectivity index (χ4v) is 1.73. The van der Waals surface area contributed by atoms with Crippen molar-refractivity contribution >= 4 is 16.9 Å². The third kappa shape index (κ3) is 2.01. The molecule has 0 aliphatic rings. The van der Waals surface area contributed by atoms with Crippen molar-refractivity contribution in [1.29, 1.82) is 0 Å². The van der Waals surface area contributed by atoms with Gasteiger partial charge in [-0.15, -0.1) is 0 Å². The number of hydrazine groups is 1. The summed E-state index contributed by atoms with van der Waals surface area (Å²) < 4.78 is 0. The average molecular weight is 232 g/mol. The van der Waals surface area contributed by atoms with Crippen LogP contribution in [0, 0.1) is 0 Å². The van der Waals surface area contributed by atoms with Crippen LogP contribution >= 0.6 is 0 Å². The third-order valence-electron chi connectivity index (χ3n) is 2.95. The Labute approximate surface area is 99.6 Å². The smallest absolute Gasteiger partial charge is 0.244 e. The highest BCUT2D eigenvalue weighted by molar-refractivity contribution is 5.88. The van der Waals surface area contributed by atoms with Crippen LogP contribution in [0.3, 0.4) is 0 Å². The van der Waals surface area contributed by atoms with Gasteiger partial charge in [0.2, 0.25) is 5.91 Å². The van der Waals surface area contributed by atoms with E-state index in [1.807, 2.05) is 32.0 Å². The highest BCUT2D eigenvalue weighted by Crippen LogP contribution is 2.25. The Morgan fingerprint density at radius 2 is 2.18 bits per heavy atom. The van der Waals surface area contributed by atoms with Crippen LogP contribution < -0.4 is 10.9 Å². The van der Waals surface area contributed by atoms with Crippen molar-refractivity contribution in [3.63, 3.8) is 0 Å². The number of nitrogens with zero attached hydrogens (tertiary/aromatic N) is 1. The monoisotopic (exact) mass is 232 g/mol. The van der Waals surface area contributed by atoms with E-state index in [-0.39, 0.29) is 5.91 Å². The van der Waals surface area contributed by atoms with Crippen molar-refractivity contribution < 1.29 is 4.79 Å². The summed E-state index contributed by atoms with van der Waals surface area (Å²) in [4.78, 5) is 19.1. The van der Waals surface area contributed by atoms with Gasteiger partial charge in [0.25, 0.3) is 0 Å². The zero-order valence-corrected chi connectivity index (χ0v) is 10.2. The Balaban J connectivity index is 2.40. The Bertz CT molecular complexity index is 544. The predicted octanol–water partition coefficient (Wildman–Crippen LogP) is 1.09. The largest absolute Gasteiger partial charge is 0.345 e. The van der Waals surface area contributed by atoms with Crippen molar-refractivity contribution in [3.05, 3.63) is 30.1 Å². The average Bonchev–Trinajstić information content (AvgIpc) is 2.76. The van der Waals surface area contributed by atoms with E-state index in [2.05, 4.69) is 20.8 Å². The molecule has 2 aromatic rings. The molecule has 0 unspecified atom stereocenters. The van der Waals surface area contributed by atoms with E-state index in [0.29, 0.717) is 0 Å². The first kappa shape index (κ1) is 11.6. The second kappa shape index (κ2) is 4.18. The Hall–Kier alpha value is -1.88. The molecule has 1 heterocycles. The minimum Gasteiger partial charge on any atom is -0.345 e. The van der Waals surface area contributed by atoms with Crippen molar-refractivity contribution in [2.24, 2.45) is 0 Å². The van der Waals surface area contributed by atoms with E-state index < -0.39 is 5.41 Å². The van der Waals surface area contributed by atoms with Gasteiger partial charge in [0.05, 0.1) is 22.8 Å². The molecule has 5 heteroatoms. The summed E-state index contributed by atoms with van der Waals surface area (Å²) in [5, 5.41) is 0. The maximum absolute atomic E-state index is 11.9. The molecule has 1 amide bonds. The van der Waals surface area contributed by atoms with E-state index >= 15 is 0 Å². The number of hydrogen-bond donors (Lipinski definition) is 3. The maximum Gasteiger partial charge on any atom is 0.244 e. The molecular weight excluding hydrogens is 216 g/mol. The lowest BCUT2D eigenvalue weighted by Crippen LogP contribution is -2.45. The van der Waals surface area contributed by atoms with E-state index in [1.165, 1.54) is 0 Å². The Morgan fingerprint density at radius 1 is 1.41 bits per heavy atom. The number of imidazole rings is 1. The number of H-pyrrole nitrogens is 1. The molecule has 0 bridgehead atoms. The number of benzene rings is 1. The lowest BCUT2D eigenvalue weighted by atomic mass is 9.84. The van der Waals surface area contributed by atoms with Gasteiger partial charge in [-0.05, 0) is 31.5 Å². The molecule has 1 aromatic carbocycles. The summed E-state index contributed by atoms with van der Waals surface area (Å²) in [5.74, 6) is -0.0705. The van der Waals surface area contributed by atoms with Gasteiger partial charge in [0, 0.05) is 7.05 Å². The van der Waals surface area contributed by atoms with Gasteiger partial charge in [0.1, 0.15) is 0 Å². The van der Waals surface area contributed by atoms with Crippen LogP contribution in [0.1, 0.15) is 19.4 Å². The Morgan fingerprint density at radius 3 is 2.88 bits per heavy atom. The van der Waals surface area contributed by atoms with Crippen molar-refractivity contribution in [1.82, 2.24) is 20.8 Å². The molecular formula is C12H16N4O. The quantitative estimate of drug-likeness (QED) is 0.694. The SMILES string of the molecule is CNNC(=O)C(C)(C)c1ccc2nc[nH]c2c1. The maximum atomic E-state index is 11.9. The molecule has 0 atom stereocenters. The lowest BCUT2D eigenvalue weighted by molar-refractivity contribution is -0.126. The van der Waals surface area contributed by atoms with Gasteiger partial charge in [-0.2, -0.15) is 0 Å². The minimum absolute atomic E-state index is 0.0705. The number of fused-ring (bicyclic) bond motifs is 1. The van der Waals surface area contributed by atoms with E-state index in [9.17, 15) is 4.79 Å². The van der Waals surface area contributed by atoms with Gasteiger partial charge in [-0.25, -0.2) is 10.4 Å². The first-order valence-corrected chi connectivity index (χ1v) is 5.46. The van der Waals surface area contributed by atoms with Gasteiger partial charge >= 0.3 is 0 Å². The standard InChI is InChI=1S/C12H16N4O/c1-12(2,11(17)16-13-3)8-4-5-9-10(6-8)15-7-14-9/h4-7,13H,1-3H3,(H,14,15)(H,16,17). The molecule has 0 saturated carbocycles. The molecule has 5 nitrogen and oxygen atoms in total. The van der Waals surface area contributed by atoms with Crippen molar-refractivity contribution in [2.45, 2.75) is 19.3 Å². The molecule has 0 spiro atoms. The van der Waals surface area contributed by atoms with Crippen LogP contribution in [0.4, 0.5) is 0 Å². The fourth-order valence-electron chi connectivity index (χ4n) is 1.73. The van der Waals surface area contributed by atoms with E-state index in [0.717, 1.165) is 16.6 Å². The highest BCUT2D eigenvalue weighted by atomic mass is 16.2. The molecule has 0 saturated heterocycles. The predicted molar refractivity (Wildman–Crippen MR) is 66.3 cm³/mol. The molecule has 0 aliphatic carbocycles. The third-order valence-corrected chi connectivity index (χ3v) is 2.95. The summed E-state index contributed by atoms with van der Waals surface area (Å²) in [5.41, 5.74) is 7.46. The molecule has 17 heavy (non-hydrogen) atoms. The van der Waals surface area contributed by atoms with E-state index in [4.69, 9.17) is 0 Å². The number of carbonyl (C=O) groups is 1. The summed E-state index contributed by atoms with van der Waals surface area (Å²) >= 11 is 0. The van der Waals surface area contributed by atoms with Crippen LogP contribution in [0.5, 0.6) is 0 Å². The molecule has 1 aromatic heterocycles. The van der Waals surface area contributed by atoms with Crippen molar-refractivity contribution in [3.8, 4) is 0 Å². The number of carbonyl (C=O) groups excluding carboxylic acids is 1. The van der Waals surface area contributed by atoms with E-state index in [1.54, 1.807) is 13.4 Å². The number of amides is 1. The van der Waals surface area contributed by atoms with Crippen LogP contribution in [-0.2, 0) is 10.2 Å². The van der Waals surface area contributed by atoms with Crippen LogP contribution in [0.25, 0.3) is 11.0 Å². The van der Waals surface area contributed by atoms with Gasteiger partial charge in [0.15, 0.2) is 0 Å². The van der Waals surface area contributed by atoms with Gasteiger partial charge in [-0.3, -0.25) is 10.2 Å². The fraction of sp³-hybridized carbons (Fsp3) is 0.333. The first-order chi connectivity index (χ1) is 8.05. The van der Waals surface area contributed by atoms with Gasteiger partial charge < -0.3 is 4.98 Å². The number of rotatable bonds is 3. The minimum atomic E-state index is -0.595. The van der Waals surface area contributed by atoms with Crippen LogP contribution in [0.2, 0.25) is 0 Å². The summed E-state index contributed by atoms with van der Waals surface area (Å²) in [6.45, 7) is 3.77. The molecule has 0 fully saturated rings. The number of aromatic nitrogens is 2. The normalized spacial score (nSPS) is 11.7. The lowest BCUT2D eigenvalue weighted by Gasteiger charge is -2.23. The molecule has 90 valence electrons. The van der Waals surface area contributed by atoms with Crippen LogP contribution in [0.15, 0.2) is 24.5 Å². The number of hydrogen-bond acceptors (Lipinski definition) is 3. The number of aromatic amines is 1. The Kier molecular flexibility index (Phi) is 2.85. The van der Waals surface area contributed by atoms with Crippen LogP contribution in [-0.4, -0.2) is 22.9 Å². The summed E-state index contributed by atoms with van der Waals surface area (Å²) in [6, 6.07) is 5.80. The molecule has 2 rings (SSSR count). The second-order valence-electron chi connectivity index (χ2n) is 4.46. The zero-order valence-electron chi connectivity index (χ0n) is 10.2. The van der Waals surface area contributed by atoms with Crippen molar-refractivity contribution in [2.75, 3.05) is 7.05 Å². The molecule has 0 radical (unpaired) electrons. The second-order valence-corrected chi connectivity index (χ2v) is 4.46. The summed E-state index contributed by atoms with van der Waals surface area (Å²) in [7, 11) is 1.67. The zero-order chi connectivity index (χ0) is 12.5. The highest BCUT2D eigenvalue weighted by Gasteiger charge is 2.29. The number of nitrogens with one attached hydrogen (secondary N) is 3. The van der Waals surface area contributed by atoms with Gasteiger partial charge in [-0.1, -0.05) is 6.07 Å².